The van der Waals surface area contributed by atoms with Crippen LogP contribution in [-0.2, 0) is 0 Å². The van der Waals surface area contributed by atoms with Crippen molar-refractivity contribution in [2.45, 2.75) is 20.3 Å². The summed E-state index contributed by atoms with van der Waals surface area (Å²) in [6, 6.07) is 0. The van der Waals surface area contributed by atoms with Crippen LogP contribution < -0.4 is 0 Å². The van der Waals surface area contributed by atoms with Gasteiger partial charge in [0.15, 0.2) is 0 Å². The quantitative estimate of drug-likeness (QED) is 0.498. The summed E-state index contributed by atoms with van der Waals surface area (Å²) in [6.45, 7) is 7.56. The van der Waals surface area contributed by atoms with Gasteiger partial charge in [0.05, 0.1) is 6.61 Å². The lowest BCUT2D eigenvalue weighted by Gasteiger charge is -1.60. The molecule has 0 amide bonds. The van der Waals surface area contributed by atoms with Crippen LogP contribution in [0.25, 0.3) is 0 Å². The van der Waals surface area contributed by atoms with Crippen LogP contribution >= 0.6 is 0 Å². The number of aliphatic hydroxyl groups is 1. The summed E-state index contributed by atoms with van der Waals surface area (Å²) in [4.78, 5) is 0. The van der Waals surface area contributed by atoms with E-state index in [9.17, 15) is 0 Å². The smallest absolute Gasteiger partial charge is 0.0609 e. The maximum absolute atomic E-state index is 7.76. The van der Waals surface area contributed by atoms with Crippen molar-refractivity contribution in [2.24, 2.45) is 0 Å². The van der Waals surface area contributed by atoms with E-state index in [1.807, 2.05) is 0 Å². The van der Waals surface area contributed by atoms with Crippen LogP contribution in [0.4, 0.5) is 0 Å². The number of hydrogen-bond acceptors (Lipinski definition) is 1. The molecule has 1 N–H and O–H groups in total. The Labute approximate surface area is 45.7 Å². The predicted molar refractivity (Wildman–Crippen MR) is 33.2 cm³/mol. The summed E-state index contributed by atoms with van der Waals surface area (Å²) in [5.41, 5.74) is 0. The van der Waals surface area contributed by atoms with E-state index < -0.39 is 0 Å². The molecule has 0 saturated heterocycles. The molecule has 1 nitrogen and oxygen atoms in total. The van der Waals surface area contributed by atoms with E-state index in [2.05, 4.69) is 20.4 Å². The van der Waals surface area contributed by atoms with Crippen LogP contribution in [0, 0.1) is 0 Å². The molecule has 0 unspecified atom stereocenters. The summed E-state index contributed by atoms with van der Waals surface area (Å²) in [7, 11) is 0. The summed E-state index contributed by atoms with van der Waals surface area (Å²) in [5, 5.41) is 7.76. The Hall–Kier alpha value is -0.300. The van der Waals surface area contributed by atoms with Gasteiger partial charge >= 0.3 is 0 Å². The molecule has 7 heavy (non-hydrogen) atoms. The first kappa shape index (κ1) is 9.85. The normalized spacial score (nSPS) is 6.14. The molecule has 0 aliphatic rings. The molecule has 0 radical (unpaired) electrons. The highest BCUT2D eigenvalue weighted by Crippen LogP contribution is 1.56. The maximum atomic E-state index is 7.76. The van der Waals surface area contributed by atoms with Gasteiger partial charge < -0.3 is 5.11 Å². The van der Waals surface area contributed by atoms with Gasteiger partial charge in [-0.15, -0.1) is 6.58 Å². The predicted octanol–water partition coefficient (Wildman–Crippen LogP) is 1.58. The Balaban J connectivity index is 0. The topological polar surface area (TPSA) is 20.2 Å². The molecule has 0 heterocycles. The molecule has 0 aromatic heterocycles. The number of hydrogen-bond donors (Lipinski definition) is 1. The van der Waals surface area contributed by atoms with Crippen LogP contribution in [0.15, 0.2) is 12.7 Å². The van der Waals surface area contributed by atoms with E-state index >= 15 is 0 Å². The molecule has 0 aromatic carbocycles. The van der Waals surface area contributed by atoms with Gasteiger partial charge in [-0.3, -0.25) is 0 Å². The second-order valence-electron chi connectivity index (χ2n) is 1.18. The Kier molecular flexibility index (Phi) is 24.3. The van der Waals surface area contributed by atoms with Crippen molar-refractivity contribution in [3.63, 3.8) is 0 Å². The Morgan fingerprint density at radius 1 is 1.57 bits per heavy atom. The minimum Gasteiger partial charge on any atom is -0.392 e. The highest BCUT2D eigenvalue weighted by atomic mass is 16.2. The summed E-state index contributed by atoms with van der Waals surface area (Å²) in [6.07, 6.45) is 2.68. The number of rotatable bonds is 1. The van der Waals surface area contributed by atoms with E-state index in [0.29, 0.717) is 0 Å². The second kappa shape index (κ2) is 17.3. The lowest BCUT2D eigenvalue weighted by atomic mass is 10.6. The van der Waals surface area contributed by atoms with Gasteiger partial charge in [0.2, 0.25) is 0 Å². The van der Waals surface area contributed by atoms with E-state index in [1.54, 1.807) is 0 Å². The minimum atomic E-state index is 0.0833. The van der Waals surface area contributed by atoms with Crippen LogP contribution in [0.3, 0.4) is 0 Å². The van der Waals surface area contributed by atoms with E-state index in [4.69, 9.17) is 5.11 Å². The first-order valence-electron chi connectivity index (χ1n) is 2.55. The molecule has 0 saturated carbocycles. The molecule has 0 bridgehead atoms. The molecule has 0 fully saturated rings. The summed E-state index contributed by atoms with van der Waals surface area (Å²) < 4.78 is 0. The van der Waals surface area contributed by atoms with E-state index in [1.165, 1.54) is 12.5 Å². The van der Waals surface area contributed by atoms with Crippen LogP contribution in [0.5, 0.6) is 0 Å². The van der Waals surface area contributed by atoms with Crippen LogP contribution in [0.1, 0.15) is 20.3 Å². The molecule has 1 heteroatoms. The van der Waals surface area contributed by atoms with Gasteiger partial charge in [-0.1, -0.05) is 26.3 Å². The zero-order chi connectivity index (χ0) is 6.12. The molecule has 0 rings (SSSR count). The SMILES string of the molecule is C=CCO.CCC. The van der Waals surface area contributed by atoms with Crippen molar-refractivity contribution in [1.29, 1.82) is 0 Å². The van der Waals surface area contributed by atoms with Crippen molar-refractivity contribution >= 4 is 0 Å². The van der Waals surface area contributed by atoms with Gasteiger partial charge in [0, 0.05) is 0 Å². The fraction of sp³-hybridized carbons (Fsp3) is 0.667. The van der Waals surface area contributed by atoms with Crippen molar-refractivity contribution < 1.29 is 5.11 Å². The summed E-state index contributed by atoms with van der Waals surface area (Å²) in [5.74, 6) is 0. The minimum absolute atomic E-state index is 0.0833. The van der Waals surface area contributed by atoms with Crippen molar-refractivity contribution in [3.8, 4) is 0 Å². The molecule has 44 valence electrons. The number of aliphatic hydroxyl groups excluding tert-OH is 1. The monoisotopic (exact) mass is 102 g/mol. The summed E-state index contributed by atoms with van der Waals surface area (Å²) >= 11 is 0. The largest absolute Gasteiger partial charge is 0.392 e. The average molecular weight is 102 g/mol. The maximum Gasteiger partial charge on any atom is 0.0609 e. The molecular formula is C6H14O. The van der Waals surface area contributed by atoms with Crippen LogP contribution in [0.2, 0.25) is 0 Å². The van der Waals surface area contributed by atoms with E-state index in [-0.39, 0.29) is 6.61 Å². The lowest BCUT2D eigenvalue weighted by Crippen LogP contribution is -1.62. The second-order valence-corrected chi connectivity index (χ2v) is 1.18. The first-order chi connectivity index (χ1) is 3.33. The van der Waals surface area contributed by atoms with Crippen molar-refractivity contribution in [1.82, 2.24) is 0 Å². The third kappa shape index (κ3) is 159. The van der Waals surface area contributed by atoms with Gasteiger partial charge in [-0.05, 0) is 0 Å². The van der Waals surface area contributed by atoms with E-state index in [0.717, 1.165) is 0 Å². The highest BCUT2D eigenvalue weighted by molar-refractivity contribution is 4.60. The van der Waals surface area contributed by atoms with Gasteiger partial charge in [-0.2, -0.15) is 0 Å². The van der Waals surface area contributed by atoms with Crippen molar-refractivity contribution in [2.75, 3.05) is 6.61 Å². The Bertz CT molecular complexity index is 25.4. The Morgan fingerprint density at radius 2 is 1.71 bits per heavy atom. The average Bonchev–Trinajstić information content (AvgIpc) is 1.69. The van der Waals surface area contributed by atoms with Crippen LogP contribution in [-0.4, -0.2) is 11.7 Å². The fourth-order valence-corrected chi connectivity index (χ4v) is 0. The molecule has 0 aliphatic carbocycles. The first-order valence-corrected chi connectivity index (χ1v) is 2.55. The highest BCUT2D eigenvalue weighted by Gasteiger charge is 1.45. The zero-order valence-electron chi connectivity index (χ0n) is 5.15. The lowest BCUT2D eigenvalue weighted by molar-refractivity contribution is 0.343. The molecule has 0 aromatic rings. The third-order valence-corrected chi connectivity index (χ3v) is 0.129. The molecule has 0 atom stereocenters. The van der Waals surface area contributed by atoms with Gasteiger partial charge in [-0.25, -0.2) is 0 Å². The Morgan fingerprint density at radius 3 is 1.71 bits per heavy atom. The molecule has 0 aliphatic heterocycles. The van der Waals surface area contributed by atoms with Gasteiger partial charge in [0.25, 0.3) is 0 Å². The zero-order valence-corrected chi connectivity index (χ0v) is 5.15. The molecular weight excluding hydrogens is 88.1 g/mol. The molecule has 0 spiro atoms. The van der Waals surface area contributed by atoms with Crippen molar-refractivity contribution in [3.05, 3.63) is 12.7 Å². The van der Waals surface area contributed by atoms with Gasteiger partial charge in [0.1, 0.15) is 0 Å². The standard InChI is InChI=1S/C3H6O.C3H8/c1-2-3-4;1-3-2/h2,4H,1,3H2;3H2,1-2H3. The fourth-order valence-electron chi connectivity index (χ4n) is 0. The third-order valence-electron chi connectivity index (χ3n) is 0.129.